The molecule has 1 aliphatic rings. The number of imidazole rings is 1. The van der Waals surface area contributed by atoms with Crippen LogP contribution in [0.15, 0.2) is 35.3 Å². The molecule has 1 saturated heterocycles. The van der Waals surface area contributed by atoms with E-state index in [1.165, 1.54) is 10.5 Å². The van der Waals surface area contributed by atoms with Gasteiger partial charge in [0.1, 0.15) is 5.02 Å². The number of aromatic nitrogens is 4. The van der Waals surface area contributed by atoms with E-state index in [9.17, 15) is 13.2 Å². The molecule has 148 valence electrons. The number of fused-ring (bicyclic) bond motifs is 1. The molecule has 0 saturated carbocycles. The van der Waals surface area contributed by atoms with Crippen LogP contribution < -0.4 is 10.5 Å². The summed E-state index contributed by atoms with van der Waals surface area (Å²) in [6, 6.07) is 7.42. The third-order valence-corrected chi connectivity index (χ3v) is 7.05. The molecule has 11 heteroatoms. The Hall–Kier alpha value is -2.43. The fourth-order valence-corrected chi connectivity index (χ4v) is 4.56. The van der Waals surface area contributed by atoms with Gasteiger partial charge in [-0.1, -0.05) is 23.7 Å². The molecule has 0 unspecified atom stereocenters. The van der Waals surface area contributed by atoms with Crippen molar-refractivity contribution in [3.63, 3.8) is 0 Å². The van der Waals surface area contributed by atoms with Crippen molar-refractivity contribution in [2.45, 2.75) is 6.92 Å². The molecule has 0 aliphatic carbocycles. The molecule has 2 aromatic heterocycles. The quantitative estimate of drug-likeness (QED) is 0.678. The standard InChI is InChI=1S/C17H19ClN6O3S/c1-2-28(26,27)23-9-7-22(8-10-23)14-11-19-24(16(25)15(14)18)17-20-12-5-3-4-6-13(12)21-17/h3-6,11H,2,7-10H2,1H3,(H,20,21). The normalized spacial score (nSPS) is 16.0. The number of nitrogens with zero attached hydrogens (tertiary/aromatic N) is 5. The van der Waals surface area contributed by atoms with E-state index < -0.39 is 15.6 Å². The topological polar surface area (TPSA) is 104 Å². The average Bonchev–Trinajstić information content (AvgIpc) is 3.14. The van der Waals surface area contributed by atoms with Crippen LogP contribution in [0, 0.1) is 0 Å². The fraction of sp³-hybridized carbons (Fsp3) is 0.353. The Bertz CT molecular complexity index is 1150. The summed E-state index contributed by atoms with van der Waals surface area (Å²) in [4.78, 5) is 22.1. The maximum absolute atomic E-state index is 12.8. The lowest BCUT2D eigenvalue weighted by Gasteiger charge is -2.35. The van der Waals surface area contributed by atoms with Crippen LogP contribution in [0.25, 0.3) is 17.0 Å². The first kappa shape index (κ1) is 18.9. The van der Waals surface area contributed by atoms with Crippen molar-refractivity contribution in [2.75, 3.05) is 36.8 Å². The zero-order chi connectivity index (χ0) is 19.9. The first-order valence-corrected chi connectivity index (χ1v) is 10.8. The minimum Gasteiger partial charge on any atom is -0.366 e. The number of rotatable bonds is 4. The van der Waals surface area contributed by atoms with E-state index in [0.29, 0.717) is 37.8 Å². The predicted octanol–water partition coefficient (Wildman–Crippen LogP) is 1.23. The van der Waals surface area contributed by atoms with Crippen LogP contribution in [0.2, 0.25) is 5.02 Å². The zero-order valence-corrected chi connectivity index (χ0v) is 16.7. The van der Waals surface area contributed by atoms with Gasteiger partial charge in [0.15, 0.2) is 0 Å². The molecule has 4 rings (SSSR count). The van der Waals surface area contributed by atoms with Crippen LogP contribution in [-0.4, -0.2) is 64.4 Å². The highest BCUT2D eigenvalue weighted by atomic mass is 35.5. The number of anilines is 1. The minimum absolute atomic E-state index is 0.0299. The summed E-state index contributed by atoms with van der Waals surface area (Å²) in [5.74, 6) is 0.363. The molecule has 0 radical (unpaired) electrons. The van der Waals surface area contributed by atoms with Crippen molar-refractivity contribution >= 4 is 38.3 Å². The van der Waals surface area contributed by atoms with Crippen molar-refractivity contribution in [3.05, 3.63) is 45.8 Å². The maximum Gasteiger partial charge on any atom is 0.295 e. The SMILES string of the molecule is CCS(=O)(=O)N1CCN(c2cnn(-c3nc4ccccc4[nH]3)c(=O)c2Cl)CC1. The Kier molecular flexibility index (Phi) is 4.86. The lowest BCUT2D eigenvalue weighted by molar-refractivity contribution is 0.385. The summed E-state index contributed by atoms with van der Waals surface area (Å²) in [7, 11) is -3.22. The van der Waals surface area contributed by atoms with Crippen LogP contribution >= 0.6 is 11.6 Å². The summed E-state index contributed by atoms with van der Waals surface area (Å²) < 4.78 is 26.6. The number of halogens is 1. The van der Waals surface area contributed by atoms with E-state index in [2.05, 4.69) is 15.1 Å². The number of benzene rings is 1. The predicted molar refractivity (Wildman–Crippen MR) is 108 cm³/mol. The molecule has 1 aromatic carbocycles. The Morgan fingerprint density at radius 3 is 2.57 bits per heavy atom. The molecular weight excluding hydrogens is 404 g/mol. The second-order valence-electron chi connectivity index (χ2n) is 6.42. The lowest BCUT2D eigenvalue weighted by atomic mass is 10.3. The highest BCUT2D eigenvalue weighted by molar-refractivity contribution is 7.89. The van der Waals surface area contributed by atoms with Crippen LogP contribution in [-0.2, 0) is 10.0 Å². The number of para-hydroxylation sites is 2. The van der Waals surface area contributed by atoms with Gasteiger partial charge in [0.25, 0.3) is 5.56 Å². The Balaban J connectivity index is 1.61. The number of H-pyrrole nitrogens is 1. The monoisotopic (exact) mass is 422 g/mol. The van der Waals surface area contributed by atoms with Crippen molar-refractivity contribution in [3.8, 4) is 5.95 Å². The van der Waals surface area contributed by atoms with Gasteiger partial charge in [-0.2, -0.15) is 14.1 Å². The number of piperazine rings is 1. The third-order valence-electron chi connectivity index (χ3n) is 4.82. The Morgan fingerprint density at radius 1 is 1.18 bits per heavy atom. The van der Waals surface area contributed by atoms with Gasteiger partial charge in [-0.05, 0) is 19.1 Å². The van der Waals surface area contributed by atoms with Crippen molar-refractivity contribution in [1.29, 1.82) is 0 Å². The van der Waals surface area contributed by atoms with Gasteiger partial charge in [-0.3, -0.25) is 4.79 Å². The molecule has 0 amide bonds. The molecule has 3 aromatic rings. The smallest absolute Gasteiger partial charge is 0.295 e. The first-order valence-electron chi connectivity index (χ1n) is 8.86. The second kappa shape index (κ2) is 7.19. The van der Waals surface area contributed by atoms with Crippen LogP contribution in [0.5, 0.6) is 0 Å². The van der Waals surface area contributed by atoms with Crippen molar-refractivity contribution in [1.82, 2.24) is 24.1 Å². The minimum atomic E-state index is -3.22. The zero-order valence-electron chi connectivity index (χ0n) is 15.2. The van der Waals surface area contributed by atoms with E-state index in [-0.39, 0.29) is 10.8 Å². The molecule has 0 spiro atoms. The van der Waals surface area contributed by atoms with Gasteiger partial charge in [-0.15, -0.1) is 0 Å². The van der Waals surface area contributed by atoms with Crippen LogP contribution in [0.4, 0.5) is 5.69 Å². The molecule has 28 heavy (non-hydrogen) atoms. The Labute approximate surface area is 166 Å². The molecule has 0 atom stereocenters. The van der Waals surface area contributed by atoms with Gasteiger partial charge in [0, 0.05) is 26.2 Å². The van der Waals surface area contributed by atoms with E-state index in [4.69, 9.17) is 11.6 Å². The summed E-state index contributed by atoms with van der Waals surface area (Å²) in [6.07, 6.45) is 1.51. The van der Waals surface area contributed by atoms with E-state index >= 15 is 0 Å². The van der Waals surface area contributed by atoms with Gasteiger partial charge < -0.3 is 9.88 Å². The largest absolute Gasteiger partial charge is 0.366 e. The summed E-state index contributed by atoms with van der Waals surface area (Å²) in [5, 5.41) is 4.25. The highest BCUT2D eigenvalue weighted by Gasteiger charge is 2.27. The highest BCUT2D eigenvalue weighted by Crippen LogP contribution is 2.23. The molecular formula is C17H19ClN6O3S. The van der Waals surface area contributed by atoms with E-state index in [1.807, 2.05) is 29.2 Å². The second-order valence-corrected chi connectivity index (χ2v) is 9.06. The van der Waals surface area contributed by atoms with Crippen molar-refractivity contribution in [2.24, 2.45) is 0 Å². The number of nitrogens with one attached hydrogen (secondary N) is 1. The van der Waals surface area contributed by atoms with Crippen LogP contribution in [0.1, 0.15) is 6.92 Å². The van der Waals surface area contributed by atoms with Gasteiger partial charge in [0.05, 0.1) is 28.7 Å². The molecule has 0 bridgehead atoms. The summed E-state index contributed by atoms with van der Waals surface area (Å²) in [5.41, 5.74) is 1.52. The number of aromatic amines is 1. The van der Waals surface area contributed by atoms with Gasteiger partial charge >= 0.3 is 0 Å². The van der Waals surface area contributed by atoms with Gasteiger partial charge in [-0.25, -0.2) is 13.4 Å². The number of sulfonamides is 1. The maximum atomic E-state index is 12.8. The lowest BCUT2D eigenvalue weighted by Crippen LogP contribution is -2.49. The van der Waals surface area contributed by atoms with E-state index in [1.54, 1.807) is 6.92 Å². The molecule has 9 nitrogen and oxygen atoms in total. The average molecular weight is 423 g/mol. The molecule has 1 aliphatic heterocycles. The fourth-order valence-electron chi connectivity index (χ4n) is 3.22. The summed E-state index contributed by atoms with van der Waals surface area (Å²) in [6.45, 7) is 3.20. The molecule has 1 fully saturated rings. The van der Waals surface area contributed by atoms with Crippen molar-refractivity contribution < 1.29 is 8.42 Å². The Morgan fingerprint density at radius 2 is 1.89 bits per heavy atom. The van der Waals surface area contributed by atoms with Gasteiger partial charge in [0.2, 0.25) is 16.0 Å². The van der Waals surface area contributed by atoms with Crippen LogP contribution in [0.3, 0.4) is 0 Å². The van der Waals surface area contributed by atoms with E-state index in [0.717, 1.165) is 15.7 Å². The first-order chi connectivity index (χ1) is 13.4. The molecule has 1 N–H and O–H groups in total. The third kappa shape index (κ3) is 3.27. The summed E-state index contributed by atoms with van der Waals surface area (Å²) >= 11 is 6.35. The number of hydrogen-bond acceptors (Lipinski definition) is 6. The number of hydrogen-bond donors (Lipinski definition) is 1. The molecule has 3 heterocycles.